The number of aromatic nitrogens is 2. The van der Waals surface area contributed by atoms with Gasteiger partial charge in [0, 0.05) is 16.7 Å². The molecule has 0 saturated heterocycles. The Morgan fingerprint density at radius 3 is 2.86 bits per heavy atom. The highest BCUT2D eigenvalue weighted by molar-refractivity contribution is 9.09. The van der Waals surface area contributed by atoms with E-state index in [0.717, 1.165) is 12.2 Å². The molecule has 0 N–H and O–H groups in total. The summed E-state index contributed by atoms with van der Waals surface area (Å²) < 4.78 is 4.43. The van der Waals surface area contributed by atoms with E-state index in [4.69, 9.17) is 0 Å². The number of nitrogens with zero attached hydrogens (tertiary/aromatic N) is 2. The fraction of sp³-hybridized carbons (Fsp3) is 0.800. The first-order valence-corrected chi connectivity index (χ1v) is 6.88. The Hall–Kier alpha value is 0.0400. The fourth-order valence-corrected chi connectivity index (χ4v) is 2.72. The van der Waals surface area contributed by atoms with Crippen LogP contribution in [0.1, 0.15) is 55.8 Å². The average molecular weight is 275 g/mol. The average Bonchev–Trinajstić information content (AvgIpc) is 2.94. The highest BCUT2D eigenvalue weighted by atomic mass is 79.9. The smallest absolute Gasteiger partial charge is 0.145 e. The van der Waals surface area contributed by atoms with Gasteiger partial charge in [0.1, 0.15) is 10.8 Å². The van der Waals surface area contributed by atoms with Gasteiger partial charge in [-0.15, -0.1) is 0 Å². The number of rotatable bonds is 4. The number of halogens is 1. The minimum atomic E-state index is 0.491. The summed E-state index contributed by atoms with van der Waals surface area (Å²) in [6, 6.07) is 0. The molecule has 2 nitrogen and oxygen atoms in total. The van der Waals surface area contributed by atoms with Gasteiger partial charge in [-0.1, -0.05) is 29.8 Å². The molecule has 2 rings (SSSR count). The van der Waals surface area contributed by atoms with Crippen molar-refractivity contribution in [1.82, 2.24) is 9.36 Å². The summed E-state index contributed by atoms with van der Waals surface area (Å²) in [5.41, 5.74) is 0. The topological polar surface area (TPSA) is 25.8 Å². The van der Waals surface area contributed by atoms with Crippen LogP contribution >= 0.6 is 27.5 Å². The Labute approximate surface area is 97.4 Å². The van der Waals surface area contributed by atoms with Crippen LogP contribution in [0.4, 0.5) is 0 Å². The zero-order chi connectivity index (χ0) is 10.1. The van der Waals surface area contributed by atoms with Gasteiger partial charge in [0.05, 0.1) is 0 Å². The normalized spacial score (nSPS) is 20.8. The van der Waals surface area contributed by atoms with Crippen LogP contribution in [0.5, 0.6) is 0 Å². The third-order valence-electron chi connectivity index (χ3n) is 2.72. The van der Waals surface area contributed by atoms with E-state index in [-0.39, 0.29) is 0 Å². The van der Waals surface area contributed by atoms with Crippen molar-refractivity contribution >= 4 is 27.5 Å². The molecule has 4 heteroatoms. The van der Waals surface area contributed by atoms with Gasteiger partial charge >= 0.3 is 0 Å². The maximum Gasteiger partial charge on any atom is 0.145 e. The maximum atomic E-state index is 4.62. The Kier molecular flexibility index (Phi) is 3.22. The molecule has 1 heterocycles. The van der Waals surface area contributed by atoms with Crippen LogP contribution in [-0.2, 0) is 0 Å². The quantitative estimate of drug-likeness (QED) is 0.783. The number of hydrogen-bond acceptors (Lipinski definition) is 3. The molecule has 2 atom stereocenters. The van der Waals surface area contributed by atoms with Gasteiger partial charge in [0.15, 0.2) is 0 Å². The third kappa shape index (κ3) is 2.16. The van der Waals surface area contributed by atoms with Crippen molar-refractivity contribution in [3.8, 4) is 0 Å². The van der Waals surface area contributed by atoms with Crippen molar-refractivity contribution in [2.24, 2.45) is 0 Å². The fourth-order valence-electron chi connectivity index (χ4n) is 1.45. The van der Waals surface area contributed by atoms with Crippen molar-refractivity contribution < 1.29 is 0 Å². The van der Waals surface area contributed by atoms with Gasteiger partial charge in [-0.05, 0) is 30.8 Å². The Morgan fingerprint density at radius 1 is 1.57 bits per heavy atom. The molecule has 1 fully saturated rings. The summed E-state index contributed by atoms with van der Waals surface area (Å²) in [4.78, 5) is 5.15. The van der Waals surface area contributed by atoms with Crippen LogP contribution in [0, 0.1) is 0 Å². The third-order valence-corrected chi connectivity index (χ3v) is 5.09. The Morgan fingerprint density at radius 2 is 2.29 bits per heavy atom. The van der Waals surface area contributed by atoms with Crippen molar-refractivity contribution in [1.29, 1.82) is 0 Å². The van der Waals surface area contributed by atoms with Crippen molar-refractivity contribution in [2.75, 3.05) is 0 Å². The van der Waals surface area contributed by atoms with Crippen LogP contribution in [0.25, 0.3) is 0 Å². The van der Waals surface area contributed by atoms with Crippen molar-refractivity contribution in [3.05, 3.63) is 10.8 Å². The minimum absolute atomic E-state index is 0.491. The van der Waals surface area contributed by atoms with Crippen LogP contribution in [0.15, 0.2) is 0 Å². The van der Waals surface area contributed by atoms with E-state index in [9.17, 15) is 0 Å². The molecule has 0 aliphatic heterocycles. The number of hydrogen-bond donors (Lipinski definition) is 0. The van der Waals surface area contributed by atoms with E-state index in [2.05, 4.69) is 39.1 Å². The molecular weight excluding hydrogens is 260 g/mol. The monoisotopic (exact) mass is 274 g/mol. The van der Waals surface area contributed by atoms with Crippen molar-refractivity contribution in [2.45, 2.75) is 49.8 Å². The summed E-state index contributed by atoms with van der Waals surface area (Å²) in [5.74, 6) is 2.26. The molecule has 1 saturated carbocycles. The summed E-state index contributed by atoms with van der Waals surface area (Å²) in [6.45, 7) is 4.42. The molecule has 0 bridgehead atoms. The molecular formula is C10H15BrN2S. The standard InChI is InChI=1S/C10H15BrN2S/c1-3-8(11)6(2)10-12-9(13-14-10)7-4-5-7/h6-8H,3-5H2,1-2H3. The molecule has 1 aromatic heterocycles. The van der Waals surface area contributed by atoms with Crippen LogP contribution < -0.4 is 0 Å². The summed E-state index contributed by atoms with van der Waals surface area (Å²) in [7, 11) is 0. The zero-order valence-corrected chi connectivity index (χ0v) is 10.9. The molecule has 0 aromatic carbocycles. The largest absolute Gasteiger partial charge is 0.224 e. The molecule has 14 heavy (non-hydrogen) atoms. The van der Waals surface area contributed by atoms with E-state index in [1.54, 1.807) is 11.5 Å². The van der Waals surface area contributed by atoms with Crippen molar-refractivity contribution in [3.63, 3.8) is 0 Å². The lowest BCUT2D eigenvalue weighted by atomic mass is 10.1. The van der Waals surface area contributed by atoms with E-state index < -0.39 is 0 Å². The van der Waals surface area contributed by atoms with Gasteiger partial charge in [-0.3, -0.25) is 0 Å². The highest BCUT2D eigenvalue weighted by Gasteiger charge is 2.29. The van der Waals surface area contributed by atoms with Crippen LogP contribution in [0.2, 0.25) is 0 Å². The lowest BCUT2D eigenvalue weighted by Crippen LogP contribution is -2.07. The molecule has 0 amide bonds. The van der Waals surface area contributed by atoms with E-state index in [0.29, 0.717) is 16.7 Å². The van der Waals surface area contributed by atoms with Gasteiger partial charge in [0.25, 0.3) is 0 Å². The Bertz CT molecular complexity index is 309. The molecule has 1 aliphatic carbocycles. The van der Waals surface area contributed by atoms with E-state index in [1.165, 1.54) is 17.8 Å². The first-order valence-electron chi connectivity index (χ1n) is 5.20. The van der Waals surface area contributed by atoms with E-state index in [1.807, 2.05) is 0 Å². The number of alkyl halides is 1. The lowest BCUT2D eigenvalue weighted by Gasteiger charge is -2.12. The van der Waals surface area contributed by atoms with Gasteiger partial charge in [-0.2, -0.15) is 4.37 Å². The summed E-state index contributed by atoms with van der Waals surface area (Å²) in [5, 5.41) is 1.19. The Balaban J connectivity index is 2.07. The molecule has 2 unspecified atom stereocenters. The molecule has 1 aliphatic rings. The molecule has 1 aromatic rings. The molecule has 0 radical (unpaired) electrons. The van der Waals surface area contributed by atoms with Crippen LogP contribution in [-0.4, -0.2) is 14.2 Å². The predicted octanol–water partition coefficient (Wildman–Crippen LogP) is 3.69. The van der Waals surface area contributed by atoms with E-state index >= 15 is 0 Å². The minimum Gasteiger partial charge on any atom is -0.224 e. The molecule has 78 valence electrons. The zero-order valence-electron chi connectivity index (χ0n) is 8.53. The second-order valence-corrected chi connectivity index (χ2v) is 5.94. The lowest BCUT2D eigenvalue weighted by molar-refractivity contribution is 0.685. The highest BCUT2D eigenvalue weighted by Crippen LogP contribution is 2.40. The first kappa shape index (κ1) is 10.6. The maximum absolute atomic E-state index is 4.62. The summed E-state index contributed by atoms with van der Waals surface area (Å²) in [6.07, 6.45) is 3.71. The second-order valence-electron chi connectivity index (χ2n) is 3.98. The predicted molar refractivity (Wildman–Crippen MR) is 63.3 cm³/mol. The molecule has 0 spiro atoms. The van der Waals surface area contributed by atoms with Gasteiger partial charge in [0.2, 0.25) is 0 Å². The second kappa shape index (κ2) is 4.27. The van der Waals surface area contributed by atoms with Gasteiger partial charge in [-0.25, -0.2) is 4.98 Å². The first-order chi connectivity index (χ1) is 6.72. The van der Waals surface area contributed by atoms with Crippen LogP contribution in [0.3, 0.4) is 0 Å². The summed E-state index contributed by atoms with van der Waals surface area (Å²) >= 11 is 5.26. The SMILES string of the molecule is CCC(Br)C(C)c1nc(C2CC2)ns1. The van der Waals surface area contributed by atoms with Gasteiger partial charge < -0.3 is 0 Å².